The Bertz CT molecular complexity index is 1290. The molecule has 33 heavy (non-hydrogen) atoms. The molecular formula is C23H24ClFN4O3S. The second kappa shape index (κ2) is 9.24. The van der Waals surface area contributed by atoms with Gasteiger partial charge in [0, 0.05) is 43.8 Å². The van der Waals surface area contributed by atoms with Crippen molar-refractivity contribution in [2.45, 2.75) is 25.3 Å². The van der Waals surface area contributed by atoms with E-state index in [9.17, 15) is 17.6 Å². The number of sulfonamides is 1. The number of benzene rings is 1. The van der Waals surface area contributed by atoms with Crippen LogP contribution in [-0.4, -0.2) is 59.3 Å². The molecule has 0 radical (unpaired) electrons. The first kappa shape index (κ1) is 23.4. The molecule has 0 atom stereocenters. The maximum atomic E-state index is 13.4. The molecule has 0 unspecified atom stereocenters. The minimum Gasteiger partial charge on any atom is -0.342 e. The first-order chi connectivity index (χ1) is 15.7. The Morgan fingerprint density at radius 2 is 1.82 bits per heavy atom. The second-order valence-corrected chi connectivity index (χ2v) is 10.3. The van der Waals surface area contributed by atoms with Crippen LogP contribution >= 0.6 is 11.6 Å². The molecule has 1 aliphatic rings. The number of carbonyl (C=O) groups is 1. The Kier molecular flexibility index (Phi) is 6.56. The largest absolute Gasteiger partial charge is 0.342 e. The number of rotatable bonds is 5. The lowest BCUT2D eigenvalue weighted by Crippen LogP contribution is -2.50. The van der Waals surface area contributed by atoms with Gasteiger partial charge in [-0.25, -0.2) is 12.8 Å². The van der Waals surface area contributed by atoms with Crippen LogP contribution in [0.2, 0.25) is 5.02 Å². The van der Waals surface area contributed by atoms with Crippen LogP contribution in [0.15, 0.2) is 53.6 Å². The van der Waals surface area contributed by atoms with E-state index in [-0.39, 0.29) is 42.0 Å². The van der Waals surface area contributed by atoms with Crippen LogP contribution in [0.1, 0.15) is 27.4 Å². The molecule has 0 N–H and O–H groups in total. The van der Waals surface area contributed by atoms with Gasteiger partial charge in [0.25, 0.3) is 5.91 Å². The molecule has 1 fully saturated rings. The molecule has 174 valence electrons. The Hall–Kier alpha value is -2.75. The Balaban J connectivity index is 1.46. The van der Waals surface area contributed by atoms with Crippen LogP contribution in [0, 0.1) is 19.7 Å². The number of carbonyl (C=O) groups excluding carboxylic acids is 1. The lowest BCUT2D eigenvalue weighted by atomic mass is 10.2. The van der Waals surface area contributed by atoms with Gasteiger partial charge in [-0.3, -0.25) is 9.78 Å². The third-order valence-electron chi connectivity index (χ3n) is 5.91. The third kappa shape index (κ3) is 4.66. The number of hydrogen-bond donors (Lipinski definition) is 0. The minimum absolute atomic E-state index is 0.0632. The fourth-order valence-corrected chi connectivity index (χ4v) is 5.70. The first-order valence-electron chi connectivity index (χ1n) is 10.5. The van der Waals surface area contributed by atoms with Crippen molar-refractivity contribution in [3.05, 3.63) is 82.1 Å². The molecule has 3 aromatic rings. The van der Waals surface area contributed by atoms with Crippen LogP contribution in [0.5, 0.6) is 0 Å². The normalized spacial score (nSPS) is 15.1. The van der Waals surface area contributed by atoms with E-state index in [0.29, 0.717) is 12.1 Å². The lowest BCUT2D eigenvalue weighted by molar-refractivity contribution is 0.0697. The van der Waals surface area contributed by atoms with Crippen LogP contribution in [-0.2, 0) is 16.6 Å². The average Bonchev–Trinajstić information content (AvgIpc) is 3.09. The molecule has 4 rings (SSSR count). The van der Waals surface area contributed by atoms with E-state index in [1.54, 1.807) is 11.1 Å². The van der Waals surface area contributed by atoms with Crippen LogP contribution < -0.4 is 0 Å². The summed E-state index contributed by atoms with van der Waals surface area (Å²) in [4.78, 5) is 19.2. The molecule has 1 aromatic carbocycles. The molecule has 1 aliphatic heterocycles. The Labute approximate surface area is 197 Å². The lowest BCUT2D eigenvalue weighted by Gasteiger charge is -2.34. The van der Waals surface area contributed by atoms with Crippen molar-refractivity contribution in [3.8, 4) is 0 Å². The van der Waals surface area contributed by atoms with E-state index in [4.69, 9.17) is 11.6 Å². The second-order valence-electron chi connectivity index (χ2n) is 7.96. The van der Waals surface area contributed by atoms with E-state index in [1.165, 1.54) is 10.4 Å². The number of piperazine rings is 1. The van der Waals surface area contributed by atoms with Gasteiger partial charge in [0.2, 0.25) is 10.0 Å². The zero-order valence-corrected chi connectivity index (χ0v) is 19.9. The summed E-state index contributed by atoms with van der Waals surface area (Å²) < 4.78 is 42.6. The van der Waals surface area contributed by atoms with Crippen molar-refractivity contribution < 1.29 is 17.6 Å². The summed E-state index contributed by atoms with van der Waals surface area (Å²) in [6.07, 6.45) is 1.74. The molecule has 10 heteroatoms. The van der Waals surface area contributed by atoms with E-state index in [0.717, 1.165) is 29.2 Å². The van der Waals surface area contributed by atoms with Gasteiger partial charge >= 0.3 is 0 Å². The van der Waals surface area contributed by atoms with Gasteiger partial charge in [-0.15, -0.1) is 0 Å². The zero-order chi connectivity index (χ0) is 23.8. The predicted octanol–water partition coefficient (Wildman–Crippen LogP) is 3.49. The first-order valence-corrected chi connectivity index (χ1v) is 12.3. The molecule has 7 nitrogen and oxygen atoms in total. The highest BCUT2D eigenvalue weighted by molar-refractivity contribution is 7.89. The van der Waals surface area contributed by atoms with E-state index in [1.807, 2.05) is 38.1 Å². The summed E-state index contributed by atoms with van der Waals surface area (Å²) in [5, 5.41) is -0.244. The van der Waals surface area contributed by atoms with Crippen molar-refractivity contribution in [1.82, 2.24) is 18.8 Å². The third-order valence-corrected chi connectivity index (χ3v) is 8.09. The molecule has 2 aromatic heterocycles. The summed E-state index contributed by atoms with van der Waals surface area (Å²) in [6, 6.07) is 10.9. The van der Waals surface area contributed by atoms with Crippen molar-refractivity contribution in [2.24, 2.45) is 0 Å². The standard InChI is InChI=1S/C23H24ClFN4O3S/c1-16-13-20(17(2)29(16)15-18-5-3-4-8-26-18)23(30)27-9-11-28(12-10-27)33(31,32)19-6-7-22(25)21(24)14-19/h3-8,13-14H,9-12,15H2,1-2H3. The number of aromatic nitrogens is 2. The quantitative estimate of drug-likeness (QED) is 0.548. The van der Waals surface area contributed by atoms with Gasteiger partial charge < -0.3 is 9.47 Å². The summed E-state index contributed by atoms with van der Waals surface area (Å²) in [5.41, 5.74) is 3.30. The molecule has 1 amide bonds. The fourth-order valence-electron chi connectivity index (χ4n) is 4.00. The molecule has 0 spiro atoms. The summed E-state index contributed by atoms with van der Waals surface area (Å²) in [6.45, 7) is 5.24. The highest BCUT2D eigenvalue weighted by Gasteiger charge is 2.31. The van der Waals surface area contributed by atoms with Gasteiger partial charge in [0.15, 0.2) is 0 Å². The number of nitrogens with zero attached hydrogens (tertiary/aromatic N) is 4. The SMILES string of the molecule is Cc1cc(C(=O)N2CCN(S(=O)(=O)c3ccc(F)c(Cl)c3)CC2)c(C)n1Cc1ccccn1. The van der Waals surface area contributed by atoms with Gasteiger partial charge in [0.1, 0.15) is 5.82 Å². The number of hydrogen-bond acceptors (Lipinski definition) is 4. The van der Waals surface area contributed by atoms with Crippen molar-refractivity contribution in [3.63, 3.8) is 0 Å². The summed E-state index contributed by atoms with van der Waals surface area (Å²) >= 11 is 5.76. The molecule has 1 saturated heterocycles. The molecule has 0 aliphatic carbocycles. The molecule has 0 bridgehead atoms. The number of amides is 1. The smallest absolute Gasteiger partial charge is 0.255 e. The predicted molar refractivity (Wildman–Crippen MR) is 123 cm³/mol. The fraction of sp³-hybridized carbons (Fsp3) is 0.304. The van der Waals surface area contributed by atoms with Crippen LogP contribution in [0.3, 0.4) is 0 Å². The number of aryl methyl sites for hydroxylation is 1. The maximum absolute atomic E-state index is 13.4. The van der Waals surface area contributed by atoms with E-state index < -0.39 is 15.8 Å². The highest BCUT2D eigenvalue weighted by Crippen LogP contribution is 2.24. The monoisotopic (exact) mass is 490 g/mol. The van der Waals surface area contributed by atoms with Crippen LogP contribution in [0.25, 0.3) is 0 Å². The Morgan fingerprint density at radius 1 is 1.09 bits per heavy atom. The van der Waals surface area contributed by atoms with Gasteiger partial charge in [-0.2, -0.15) is 4.31 Å². The highest BCUT2D eigenvalue weighted by atomic mass is 35.5. The van der Waals surface area contributed by atoms with E-state index >= 15 is 0 Å². The van der Waals surface area contributed by atoms with E-state index in [2.05, 4.69) is 9.55 Å². The molecular weight excluding hydrogens is 467 g/mol. The van der Waals surface area contributed by atoms with Gasteiger partial charge in [-0.05, 0) is 50.2 Å². The molecule has 3 heterocycles. The zero-order valence-electron chi connectivity index (χ0n) is 18.3. The van der Waals surface area contributed by atoms with Gasteiger partial charge in [0.05, 0.1) is 27.7 Å². The summed E-state index contributed by atoms with van der Waals surface area (Å²) in [5.74, 6) is -0.802. The Morgan fingerprint density at radius 3 is 2.45 bits per heavy atom. The molecule has 0 saturated carbocycles. The topological polar surface area (TPSA) is 75.5 Å². The minimum atomic E-state index is -3.83. The number of pyridine rings is 1. The summed E-state index contributed by atoms with van der Waals surface area (Å²) in [7, 11) is -3.83. The maximum Gasteiger partial charge on any atom is 0.255 e. The van der Waals surface area contributed by atoms with Gasteiger partial charge in [-0.1, -0.05) is 17.7 Å². The average molecular weight is 491 g/mol. The van der Waals surface area contributed by atoms with Crippen molar-refractivity contribution in [1.29, 1.82) is 0 Å². The van der Waals surface area contributed by atoms with Crippen molar-refractivity contribution >= 4 is 27.5 Å². The van der Waals surface area contributed by atoms with Crippen molar-refractivity contribution in [2.75, 3.05) is 26.2 Å². The number of halogens is 2. The van der Waals surface area contributed by atoms with Crippen LogP contribution in [0.4, 0.5) is 4.39 Å².